The molecular weight excluding hydrogens is 403 g/mol. The Morgan fingerprint density at radius 1 is 1.33 bits per heavy atom. The zero-order valence-electron chi connectivity index (χ0n) is 12.0. The van der Waals surface area contributed by atoms with E-state index in [1.165, 1.54) is 0 Å². The number of halogens is 2. The van der Waals surface area contributed by atoms with E-state index in [0.29, 0.717) is 17.9 Å². The summed E-state index contributed by atoms with van der Waals surface area (Å²) in [7, 11) is 0. The van der Waals surface area contributed by atoms with Gasteiger partial charge < -0.3 is 5.32 Å². The molecule has 1 aliphatic rings. The van der Waals surface area contributed by atoms with E-state index in [1.54, 1.807) is 17.0 Å². The number of carbonyl (C=O) groups is 2. The van der Waals surface area contributed by atoms with Gasteiger partial charge in [0.15, 0.2) is 0 Å². The van der Waals surface area contributed by atoms with Gasteiger partial charge in [-0.1, -0.05) is 31.9 Å². The summed E-state index contributed by atoms with van der Waals surface area (Å²) in [5.74, 6) is -0.121. The lowest BCUT2D eigenvalue weighted by atomic mass is 10.0. The van der Waals surface area contributed by atoms with Gasteiger partial charge in [0.1, 0.15) is 12.1 Å². The summed E-state index contributed by atoms with van der Waals surface area (Å²) in [6.45, 7) is 3.91. The Morgan fingerprint density at radius 2 is 2.05 bits per heavy atom. The van der Waals surface area contributed by atoms with Gasteiger partial charge in [0.2, 0.25) is 11.8 Å². The van der Waals surface area contributed by atoms with Crippen LogP contribution < -0.4 is 10.2 Å². The first-order chi connectivity index (χ1) is 9.99. The number of amides is 2. The first-order valence-electron chi connectivity index (χ1n) is 7.08. The van der Waals surface area contributed by atoms with E-state index in [-0.39, 0.29) is 11.8 Å². The standard InChI is InChI=1S/C15H18ClIN2O2/c1-3-5-11-15(21)19(12(4-2)14(20)18-11)13-7-6-9(16)8-10(13)17/h6-8,11-12H,3-5H2,1-2H3,(H,18,20). The number of nitrogens with zero attached hydrogens (tertiary/aromatic N) is 1. The van der Waals surface area contributed by atoms with Gasteiger partial charge in [-0.3, -0.25) is 14.5 Å². The fourth-order valence-electron chi connectivity index (χ4n) is 2.58. The van der Waals surface area contributed by atoms with E-state index in [0.717, 1.165) is 15.7 Å². The molecule has 0 spiro atoms. The SMILES string of the molecule is CCCC1NC(=O)C(CC)N(c2ccc(Cl)cc2I)C1=O. The molecule has 0 aromatic heterocycles. The van der Waals surface area contributed by atoms with Crippen molar-refractivity contribution < 1.29 is 9.59 Å². The van der Waals surface area contributed by atoms with Crippen molar-refractivity contribution in [3.63, 3.8) is 0 Å². The summed E-state index contributed by atoms with van der Waals surface area (Å²) in [4.78, 5) is 26.7. The molecule has 1 aromatic rings. The third-order valence-corrected chi connectivity index (χ3v) is 4.70. The first-order valence-corrected chi connectivity index (χ1v) is 8.53. The average molecular weight is 421 g/mol. The van der Waals surface area contributed by atoms with Gasteiger partial charge in [-0.2, -0.15) is 0 Å². The van der Waals surface area contributed by atoms with Gasteiger partial charge in [0, 0.05) is 8.59 Å². The van der Waals surface area contributed by atoms with Crippen molar-refractivity contribution in [1.29, 1.82) is 0 Å². The smallest absolute Gasteiger partial charge is 0.250 e. The van der Waals surface area contributed by atoms with E-state index in [4.69, 9.17) is 11.6 Å². The fourth-order valence-corrected chi connectivity index (χ4v) is 3.72. The van der Waals surface area contributed by atoms with Crippen LogP contribution in [0.2, 0.25) is 5.02 Å². The highest BCUT2D eigenvalue weighted by molar-refractivity contribution is 14.1. The lowest BCUT2D eigenvalue weighted by Crippen LogP contribution is -2.63. The second kappa shape index (κ2) is 6.96. The Morgan fingerprint density at radius 3 is 2.62 bits per heavy atom. The van der Waals surface area contributed by atoms with Gasteiger partial charge in [-0.25, -0.2) is 0 Å². The number of rotatable bonds is 4. The minimum absolute atomic E-state index is 0.0384. The van der Waals surface area contributed by atoms with Crippen molar-refractivity contribution >= 4 is 51.7 Å². The van der Waals surface area contributed by atoms with Crippen molar-refractivity contribution in [3.05, 3.63) is 26.8 Å². The molecule has 21 heavy (non-hydrogen) atoms. The molecule has 0 radical (unpaired) electrons. The highest BCUT2D eigenvalue weighted by Gasteiger charge is 2.40. The van der Waals surface area contributed by atoms with Crippen molar-refractivity contribution in [2.45, 2.75) is 45.2 Å². The summed E-state index contributed by atoms with van der Waals surface area (Å²) >= 11 is 8.13. The summed E-state index contributed by atoms with van der Waals surface area (Å²) in [6, 6.07) is 4.47. The van der Waals surface area contributed by atoms with Gasteiger partial charge in [0.25, 0.3) is 0 Å². The highest BCUT2D eigenvalue weighted by Crippen LogP contribution is 2.30. The fraction of sp³-hybridized carbons (Fsp3) is 0.467. The van der Waals surface area contributed by atoms with Crippen LogP contribution in [-0.2, 0) is 9.59 Å². The molecule has 1 saturated heterocycles. The highest BCUT2D eigenvalue weighted by atomic mass is 127. The van der Waals surface area contributed by atoms with E-state index in [2.05, 4.69) is 27.9 Å². The Kier molecular flexibility index (Phi) is 5.48. The zero-order valence-corrected chi connectivity index (χ0v) is 14.9. The maximum Gasteiger partial charge on any atom is 0.250 e. The maximum absolute atomic E-state index is 12.7. The van der Waals surface area contributed by atoms with E-state index >= 15 is 0 Å². The molecule has 0 bridgehead atoms. The first kappa shape index (κ1) is 16.5. The summed E-state index contributed by atoms with van der Waals surface area (Å²) < 4.78 is 0.872. The number of piperazine rings is 1. The molecule has 2 amide bonds. The Labute approximate surface area is 143 Å². The van der Waals surface area contributed by atoms with Crippen LogP contribution in [0.15, 0.2) is 18.2 Å². The lowest BCUT2D eigenvalue weighted by molar-refractivity contribution is -0.134. The molecule has 1 fully saturated rings. The van der Waals surface area contributed by atoms with Crippen molar-refractivity contribution in [2.75, 3.05) is 4.90 Å². The molecule has 2 rings (SSSR count). The Hall–Kier alpha value is -0.820. The number of nitrogens with one attached hydrogen (secondary N) is 1. The normalized spacial score (nSPS) is 22.4. The molecule has 2 atom stereocenters. The third-order valence-electron chi connectivity index (χ3n) is 3.60. The van der Waals surface area contributed by atoms with Crippen LogP contribution in [0.4, 0.5) is 5.69 Å². The minimum Gasteiger partial charge on any atom is -0.342 e. The summed E-state index contributed by atoms with van der Waals surface area (Å²) in [6.07, 6.45) is 2.08. The largest absolute Gasteiger partial charge is 0.342 e. The van der Waals surface area contributed by atoms with Gasteiger partial charge in [-0.05, 0) is 53.6 Å². The van der Waals surface area contributed by atoms with Crippen LogP contribution >= 0.6 is 34.2 Å². The van der Waals surface area contributed by atoms with Crippen LogP contribution in [0.25, 0.3) is 0 Å². The molecule has 1 aromatic carbocycles. The van der Waals surface area contributed by atoms with Crippen molar-refractivity contribution in [3.8, 4) is 0 Å². The van der Waals surface area contributed by atoms with Gasteiger partial charge >= 0.3 is 0 Å². The van der Waals surface area contributed by atoms with Crippen LogP contribution in [0.5, 0.6) is 0 Å². The van der Waals surface area contributed by atoms with Crippen LogP contribution in [0.1, 0.15) is 33.1 Å². The predicted octanol–water partition coefficient (Wildman–Crippen LogP) is 3.35. The summed E-state index contributed by atoms with van der Waals surface area (Å²) in [5, 5.41) is 3.46. The third kappa shape index (κ3) is 3.34. The predicted molar refractivity (Wildman–Crippen MR) is 92.6 cm³/mol. The number of carbonyl (C=O) groups excluding carboxylic acids is 2. The Balaban J connectivity index is 2.44. The molecule has 1 aliphatic heterocycles. The molecule has 4 nitrogen and oxygen atoms in total. The van der Waals surface area contributed by atoms with E-state index < -0.39 is 12.1 Å². The maximum atomic E-state index is 12.7. The summed E-state index contributed by atoms with van der Waals surface area (Å²) in [5.41, 5.74) is 0.757. The molecule has 114 valence electrons. The molecule has 1 heterocycles. The van der Waals surface area contributed by atoms with Crippen LogP contribution in [0.3, 0.4) is 0 Å². The average Bonchev–Trinajstić information content (AvgIpc) is 2.43. The monoisotopic (exact) mass is 420 g/mol. The minimum atomic E-state index is -0.458. The molecule has 2 unspecified atom stereocenters. The van der Waals surface area contributed by atoms with Crippen LogP contribution in [0, 0.1) is 3.57 Å². The second-order valence-electron chi connectivity index (χ2n) is 5.08. The van der Waals surface area contributed by atoms with E-state index in [1.807, 2.05) is 19.9 Å². The molecular formula is C15H18ClIN2O2. The molecule has 0 aliphatic carbocycles. The van der Waals surface area contributed by atoms with Crippen LogP contribution in [-0.4, -0.2) is 23.9 Å². The zero-order chi connectivity index (χ0) is 15.6. The number of benzene rings is 1. The molecule has 1 N–H and O–H groups in total. The second-order valence-corrected chi connectivity index (χ2v) is 6.68. The number of anilines is 1. The van der Waals surface area contributed by atoms with Gasteiger partial charge in [-0.15, -0.1) is 0 Å². The quantitative estimate of drug-likeness (QED) is 0.760. The van der Waals surface area contributed by atoms with Crippen molar-refractivity contribution in [1.82, 2.24) is 5.32 Å². The van der Waals surface area contributed by atoms with E-state index in [9.17, 15) is 9.59 Å². The molecule has 6 heteroatoms. The number of hydrogen-bond donors (Lipinski definition) is 1. The topological polar surface area (TPSA) is 49.4 Å². The van der Waals surface area contributed by atoms with Crippen molar-refractivity contribution in [2.24, 2.45) is 0 Å². The number of hydrogen-bond acceptors (Lipinski definition) is 2. The molecule has 0 saturated carbocycles. The van der Waals surface area contributed by atoms with Gasteiger partial charge in [0.05, 0.1) is 5.69 Å². The lowest BCUT2D eigenvalue weighted by Gasteiger charge is -2.39. The Bertz CT molecular complexity index is 565.